The molecular weight excluding hydrogens is 368 g/mol. The van der Waals surface area contributed by atoms with Gasteiger partial charge in [0.1, 0.15) is 0 Å². The van der Waals surface area contributed by atoms with Gasteiger partial charge < -0.3 is 9.88 Å². The first-order chi connectivity index (χ1) is 13.4. The summed E-state index contributed by atoms with van der Waals surface area (Å²) in [7, 11) is 1.93. The first-order valence-corrected chi connectivity index (χ1v) is 10.3. The van der Waals surface area contributed by atoms with Crippen molar-refractivity contribution in [3.63, 3.8) is 0 Å². The Hall–Kier alpha value is -2.60. The molecule has 0 saturated heterocycles. The molecule has 0 aliphatic heterocycles. The third-order valence-electron chi connectivity index (χ3n) is 4.64. The largest absolute Gasteiger partial charge is 0.325 e. The van der Waals surface area contributed by atoms with Crippen molar-refractivity contribution in [2.45, 2.75) is 44.0 Å². The maximum absolute atomic E-state index is 12.7. The van der Waals surface area contributed by atoms with Crippen molar-refractivity contribution < 1.29 is 4.79 Å². The molecule has 3 aromatic rings. The average Bonchev–Trinajstić information content (AvgIpc) is 3.03. The van der Waals surface area contributed by atoms with E-state index in [1.807, 2.05) is 48.9 Å². The van der Waals surface area contributed by atoms with E-state index < -0.39 is 0 Å². The van der Waals surface area contributed by atoms with Crippen LogP contribution in [-0.4, -0.2) is 25.9 Å². The number of para-hydroxylation sites is 1. The zero-order valence-corrected chi connectivity index (χ0v) is 17.7. The number of amides is 1. The molecule has 1 unspecified atom stereocenters. The number of aromatic nitrogens is 3. The first-order valence-electron chi connectivity index (χ1n) is 9.39. The monoisotopic (exact) mass is 394 g/mol. The lowest BCUT2D eigenvalue weighted by Gasteiger charge is -2.16. The van der Waals surface area contributed by atoms with Crippen molar-refractivity contribution in [3.8, 4) is 11.4 Å². The van der Waals surface area contributed by atoms with Gasteiger partial charge in [0.15, 0.2) is 11.0 Å². The molecule has 1 atom stereocenters. The predicted octanol–water partition coefficient (Wildman–Crippen LogP) is 5.03. The molecule has 0 fully saturated rings. The van der Waals surface area contributed by atoms with Gasteiger partial charge in [-0.15, -0.1) is 10.2 Å². The summed E-state index contributed by atoms with van der Waals surface area (Å²) in [5.41, 5.74) is 4.21. The van der Waals surface area contributed by atoms with Crippen LogP contribution in [0.5, 0.6) is 0 Å². The lowest BCUT2D eigenvalue weighted by atomic mass is 10.0. The van der Waals surface area contributed by atoms with Crippen LogP contribution < -0.4 is 5.32 Å². The van der Waals surface area contributed by atoms with Crippen molar-refractivity contribution in [2.75, 3.05) is 5.32 Å². The summed E-state index contributed by atoms with van der Waals surface area (Å²) in [6.45, 7) is 8.18. The summed E-state index contributed by atoms with van der Waals surface area (Å²) in [6.07, 6.45) is 0. The predicted molar refractivity (Wildman–Crippen MR) is 116 cm³/mol. The Kier molecular flexibility index (Phi) is 6.19. The minimum Gasteiger partial charge on any atom is -0.325 e. The smallest absolute Gasteiger partial charge is 0.237 e. The summed E-state index contributed by atoms with van der Waals surface area (Å²) < 4.78 is 1.93. The molecule has 6 heteroatoms. The van der Waals surface area contributed by atoms with Crippen LogP contribution in [0.2, 0.25) is 0 Å². The number of anilines is 1. The van der Waals surface area contributed by atoms with Crippen LogP contribution in [0.15, 0.2) is 53.7 Å². The van der Waals surface area contributed by atoms with Crippen molar-refractivity contribution in [2.24, 2.45) is 7.05 Å². The number of hydrogen-bond donors (Lipinski definition) is 1. The number of benzene rings is 2. The van der Waals surface area contributed by atoms with Gasteiger partial charge in [-0.3, -0.25) is 4.79 Å². The molecule has 1 amide bonds. The van der Waals surface area contributed by atoms with E-state index in [1.54, 1.807) is 0 Å². The third-order valence-corrected chi connectivity index (χ3v) is 5.77. The number of nitrogens with one attached hydrogen (secondary N) is 1. The van der Waals surface area contributed by atoms with E-state index in [1.165, 1.54) is 17.3 Å². The van der Waals surface area contributed by atoms with Crippen LogP contribution in [0, 0.1) is 6.92 Å². The molecule has 5 nitrogen and oxygen atoms in total. The highest BCUT2D eigenvalue weighted by Crippen LogP contribution is 2.28. The fourth-order valence-electron chi connectivity index (χ4n) is 2.93. The second-order valence-electron chi connectivity index (χ2n) is 7.22. The van der Waals surface area contributed by atoms with Crippen molar-refractivity contribution >= 4 is 23.4 Å². The minimum atomic E-state index is -0.297. The number of carbonyl (C=O) groups is 1. The maximum Gasteiger partial charge on any atom is 0.237 e. The summed E-state index contributed by atoms with van der Waals surface area (Å²) in [5, 5.41) is 12.1. The molecule has 0 bridgehead atoms. The minimum absolute atomic E-state index is 0.0435. The number of thioether (sulfide) groups is 1. The number of carbonyl (C=O) groups excluding carboxylic acids is 1. The highest BCUT2D eigenvalue weighted by Gasteiger charge is 2.20. The Morgan fingerprint density at radius 2 is 1.71 bits per heavy atom. The van der Waals surface area contributed by atoms with Crippen LogP contribution in [0.1, 0.15) is 37.8 Å². The second-order valence-corrected chi connectivity index (χ2v) is 8.53. The highest BCUT2D eigenvalue weighted by atomic mass is 32.2. The SMILES string of the molecule is Cc1ccc(-c2nnc(SC(C)C(=O)Nc3ccccc3C(C)C)n2C)cc1. The van der Waals surface area contributed by atoms with Gasteiger partial charge in [-0.1, -0.05) is 73.6 Å². The summed E-state index contributed by atoms with van der Waals surface area (Å²) in [4.78, 5) is 12.7. The van der Waals surface area contributed by atoms with E-state index >= 15 is 0 Å². The molecule has 2 aromatic carbocycles. The van der Waals surface area contributed by atoms with Gasteiger partial charge in [0.25, 0.3) is 0 Å². The van der Waals surface area contributed by atoms with E-state index in [0.29, 0.717) is 5.92 Å². The zero-order valence-electron chi connectivity index (χ0n) is 16.9. The Labute approximate surface area is 170 Å². The molecular formula is C22H26N4OS. The van der Waals surface area contributed by atoms with Crippen molar-refractivity contribution in [1.82, 2.24) is 14.8 Å². The Balaban J connectivity index is 1.72. The summed E-state index contributed by atoms with van der Waals surface area (Å²) in [5.74, 6) is 1.09. The molecule has 28 heavy (non-hydrogen) atoms. The standard InChI is InChI=1S/C22H26N4OS/c1-14(2)18-8-6-7-9-19(18)23-21(27)16(4)28-22-25-24-20(26(22)5)17-12-10-15(3)11-13-17/h6-14,16H,1-5H3,(H,23,27). The topological polar surface area (TPSA) is 59.8 Å². The summed E-state index contributed by atoms with van der Waals surface area (Å²) >= 11 is 1.41. The van der Waals surface area contributed by atoms with Crippen LogP contribution in [0.25, 0.3) is 11.4 Å². The van der Waals surface area contributed by atoms with Crippen LogP contribution in [0.3, 0.4) is 0 Å². The third kappa shape index (κ3) is 4.44. The molecule has 0 saturated carbocycles. The van der Waals surface area contributed by atoms with E-state index in [9.17, 15) is 4.79 Å². The second kappa shape index (κ2) is 8.61. The molecule has 1 aromatic heterocycles. The quantitative estimate of drug-likeness (QED) is 0.596. The fourth-order valence-corrected chi connectivity index (χ4v) is 3.75. The zero-order chi connectivity index (χ0) is 20.3. The fraction of sp³-hybridized carbons (Fsp3) is 0.318. The average molecular weight is 395 g/mol. The molecule has 0 radical (unpaired) electrons. The van der Waals surface area contributed by atoms with Crippen LogP contribution in [0.4, 0.5) is 5.69 Å². The van der Waals surface area contributed by atoms with E-state index in [4.69, 9.17) is 0 Å². The van der Waals surface area contributed by atoms with Gasteiger partial charge in [-0.25, -0.2) is 0 Å². The molecule has 0 aliphatic rings. The molecule has 0 spiro atoms. The molecule has 1 heterocycles. The van der Waals surface area contributed by atoms with E-state index in [2.05, 4.69) is 54.5 Å². The molecule has 1 N–H and O–H groups in total. The van der Waals surface area contributed by atoms with Crippen LogP contribution in [-0.2, 0) is 11.8 Å². The van der Waals surface area contributed by atoms with E-state index in [0.717, 1.165) is 27.8 Å². The number of nitrogens with zero attached hydrogens (tertiary/aromatic N) is 3. The lowest BCUT2D eigenvalue weighted by Crippen LogP contribution is -2.23. The van der Waals surface area contributed by atoms with Gasteiger partial charge in [-0.05, 0) is 31.4 Å². The summed E-state index contributed by atoms with van der Waals surface area (Å²) in [6, 6.07) is 16.1. The normalized spacial score (nSPS) is 12.2. The Morgan fingerprint density at radius 3 is 2.39 bits per heavy atom. The van der Waals surface area contributed by atoms with Crippen molar-refractivity contribution in [1.29, 1.82) is 0 Å². The Morgan fingerprint density at radius 1 is 1.04 bits per heavy atom. The molecule has 146 valence electrons. The number of aryl methyl sites for hydroxylation is 1. The van der Waals surface area contributed by atoms with Gasteiger partial charge in [0.2, 0.25) is 5.91 Å². The Bertz CT molecular complexity index is 963. The van der Waals surface area contributed by atoms with Crippen molar-refractivity contribution in [3.05, 3.63) is 59.7 Å². The number of hydrogen-bond acceptors (Lipinski definition) is 4. The van der Waals surface area contributed by atoms with Gasteiger partial charge in [0.05, 0.1) is 5.25 Å². The number of rotatable bonds is 6. The molecule has 0 aliphatic carbocycles. The maximum atomic E-state index is 12.7. The van der Waals surface area contributed by atoms with E-state index in [-0.39, 0.29) is 11.2 Å². The highest BCUT2D eigenvalue weighted by molar-refractivity contribution is 8.00. The van der Waals surface area contributed by atoms with Gasteiger partial charge >= 0.3 is 0 Å². The van der Waals surface area contributed by atoms with Crippen LogP contribution >= 0.6 is 11.8 Å². The van der Waals surface area contributed by atoms with Gasteiger partial charge in [0, 0.05) is 18.3 Å². The molecule has 3 rings (SSSR count). The lowest BCUT2D eigenvalue weighted by molar-refractivity contribution is -0.115. The first kappa shape index (κ1) is 20.1. The van der Waals surface area contributed by atoms with Gasteiger partial charge in [-0.2, -0.15) is 0 Å².